The third kappa shape index (κ3) is 9.04. The molecule has 0 spiro atoms. The van der Waals surface area contributed by atoms with Gasteiger partial charge < -0.3 is 10.6 Å². The predicted octanol–water partition coefficient (Wildman–Crippen LogP) is 1.88. The number of carbonyl (C=O) groups excluding carboxylic acids is 1. The van der Waals surface area contributed by atoms with Gasteiger partial charge in [0.2, 0.25) is 5.91 Å². The number of hydrogen-bond donors (Lipinski definition) is 2. The first-order chi connectivity index (χ1) is 7.57. The van der Waals surface area contributed by atoms with Crippen LogP contribution in [0.15, 0.2) is 0 Å². The van der Waals surface area contributed by atoms with Crippen molar-refractivity contribution < 1.29 is 4.79 Å². The molecule has 0 aromatic carbocycles. The second-order valence-corrected chi connectivity index (χ2v) is 5.48. The highest BCUT2D eigenvalue weighted by Crippen LogP contribution is 1.97. The van der Waals surface area contributed by atoms with E-state index in [1.807, 2.05) is 18.7 Å². The summed E-state index contributed by atoms with van der Waals surface area (Å²) in [7, 11) is 0. The Morgan fingerprint density at radius 3 is 2.50 bits per heavy atom. The summed E-state index contributed by atoms with van der Waals surface area (Å²) in [5.74, 6) is 1.91. The van der Waals surface area contributed by atoms with Gasteiger partial charge in [-0.3, -0.25) is 4.79 Å². The van der Waals surface area contributed by atoms with Gasteiger partial charge in [-0.05, 0) is 44.2 Å². The molecule has 0 aliphatic rings. The molecule has 0 saturated heterocycles. The summed E-state index contributed by atoms with van der Waals surface area (Å²) >= 11 is 1.84. The molecule has 0 aromatic rings. The molecule has 1 atom stereocenters. The standard InChI is InChI=1S/C12H26N2OS/c1-10(2)6-8-14-12(15)11(3)13-7-5-9-16-4/h10-11,13H,5-9H2,1-4H3,(H,14,15). The molecule has 0 aliphatic heterocycles. The summed E-state index contributed by atoms with van der Waals surface area (Å²) in [6, 6.07) is -0.0750. The molecule has 0 heterocycles. The lowest BCUT2D eigenvalue weighted by Gasteiger charge is -2.14. The van der Waals surface area contributed by atoms with Gasteiger partial charge in [0, 0.05) is 6.54 Å². The molecule has 2 N–H and O–H groups in total. The van der Waals surface area contributed by atoms with E-state index in [-0.39, 0.29) is 11.9 Å². The van der Waals surface area contributed by atoms with Crippen LogP contribution in [-0.2, 0) is 4.79 Å². The zero-order valence-corrected chi connectivity index (χ0v) is 11.8. The van der Waals surface area contributed by atoms with E-state index in [9.17, 15) is 4.79 Å². The predicted molar refractivity (Wildman–Crippen MR) is 72.9 cm³/mol. The molecule has 4 heteroatoms. The number of nitrogens with one attached hydrogen (secondary N) is 2. The average Bonchev–Trinajstić information content (AvgIpc) is 2.23. The highest BCUT2D eigenvalue weighted by Gasteiger charge is 2.10. The van der Waals surface area contributed by atoms with Gasteiger partial charge in [0.25, 0.3) is 0 Å². The lowest BCUT2D eigenvalue weighted by molar-refractivity contribution is -0.122. The number of rotatable bonds is 9. The highest BCUT2D eigenvalue weighted by molar-refractivity contribution is 7.98. The molecule has 1 unspecified atom stereocenters. The van der Waals surface area contributed by atoms with E-state index in [1.165, 1.54) is 0 Å². The van der Waals surface area contributed by atoms with E-state index in [2.05, 4.69) is 30.7 Å². The van der Waals surface area contributed by atoms with Crippen molar-refractivity contribution in [2.24, 2.45) is 5.92 Å². The first-order valence-electron chi connectivity index (χ1n) is 6.08. The molecule has 16 heavy (non-hydrogen) atoms. The van der Waals surface area contributed by atoms with Crippen LogP contribution in [0.3, 0.4) is 0 Å². The second kappa shape index (κ2) is 9.97. The lowest BCUT2D eigenvalue weighted by atomic mass is 10.1. The van der Waals surface area contributed by atoms with Crippen LogP contribution in [0.1, 0.15) is 33.6 Å². The monoisotopic (exact) mass is 246 g/mol. The van der Waals surface area contributed by atoms with Crippen molar-refractivity contribution in [2.45, 2.75) is 39.7 Å². The molecule has 0 rings (SSSR count). The average molecular weight is 246 g/mol. The van der Waals surface area contributed by atoms with Crippen molar-refractivity contribution in [1.29, 1.82) is 0 Å². The zero-order chi connectivity index (χ0) is 12.4. The van der Waals surface area contributed by atoms with Gasteiger partial charge in [-0.15, -0.1) is 0 Å². The molecule has 0 aromatic heterocycles. The van der Waals surface area contributed by atoms with Crippen molar-refractivity contribution >= 4 is 17.7 Å². The number of hydrogen-bond acceptors (Lipinski definition) is 3. The molecule has 0 radical (unpaired) electrons. The van der Waals surface area contributed by atoms with E-state index in [0.717, 1.165) is 31.7 Å². The Balaban J connectivity index is 3.49. The molecule has 0 bridgehead atoms. The summed E-state index contributed by atoms with van der Waals surface area (Å²) in [6.07, 6.45) is 4.26. The summed E-state index contributed by atoms with van der Waals surface area (Å²) in [5.41, 5.74) is 0. The first-order valence-corrected chi connectivity index (χ1v) is 7.47. The van der Waals surface area contributed by atoms with Crippen LogP contribution < -0.4 is 10.6 Å². The Morgan fingerprint density at radius 1 is 1.25 bits per heavy atom. The lowest BCUT2D eigenvalue weighted by Crippen LogP contribution is -2.43. The van der Waals surface area contributed by atoms with Crippen LogP contribution in [-0.4, -0.2) is 37.0 Å². The summed E-state index contributed by atoms with van der Waals surface area (Å²) < 4.78 is 0. The van der Waals surface area contributed by atoms with Crippen LogP contribution in [0.4, 0.5) is 0 Å². The molecule has 0 fully saturated rings. The van der Waals surface area contributed by atoms with Crippen LogP contribution in [0, 0.1) is 5.92 Å². The molecule has 0 aliphatic carbocycles. The number of thioether (sulfide) groups is 1. The Morgan fingerprint density at radius 2 is 1.94 bits per heavy atom. The van der Waals surface area contributed by atoms with E-state index < -0.39 is 0 Å². The van der Waals surface area contributed by atoms with Crippen LogP contribution in [0.25, 0.3) is 0 Å². The first kappa shape index (κ1) is 15.8. The fourth-order valence-corrected chi connectivity index (χ4v) is 1.70. The number of amides is 1. The van der Waals surface area contributed by atoms with Gasteiger partial charge in [-0.25, -0.2) is 0 Å². The molecular formula is C12H26N2OS. The molecule has 1 amide bonds. The minimum absolute atomic E-state index is 0.0750. The summed E-state index contributed by atoms with van der Waals surface area (Å²) in [4.78, 5) is 11.6. The van der Waals surface area contributed by atoms with Crippen LogP contribution in [0.5, 0.6) is 0 Å². The normalized spacial score (nSPS) is 12.8. The van der Waals surface area contributed by atoms with Crippen molar-refractivity contribution in [1.82, 2.24) is 10.6 Å². The van der Waals surface area contributed by atoms with Crippen LogP contribution >= 0.6 is 11.8 Å². The fourth-order valence-electron chi connectivity index (χ4n) is 1.26. The van der Waals surface area contributed by atoms with E-state index in [4.69, 9.17) is 0 Å². The van der Waals surface area contributed by atoms with Gasteiger partial charge in [0.15, 0.2) is 0 Å². The smallest absolute Gasteiger partial charge is 0.236 e. The van der Waals surface area contributed by atoms with Gasteiger partial charge in [-0.1, -0.05) is 13.8 Å². The van der Waals surface area contributed by atoms with Gasteiger partial charge >= 0.3 is 0 Å². The largest absolute Gasteiger partial charge is 0.355 e. The minimum Gasteiger partial charge on any atom is -0.355 e. The van der Waals surface area contributed by atoms with Gasteiger partial charge in [0.05, 0.1) is 6.04 Å². The van der Waals surface area contributed by atoms with Gasteiger partial charge in [-0.2, -0.15) is 11.8 Å². The maximum Gasteiger partial charge on any atom is 0.236 e. The Hall–Kier alpha value is -0.220. The summed E-state index contributed by atoms with van der Waals surface area (Å²) in [6.45, 7) is 7.95. The third-order valence-corrected chi connectivity index (χ3v) is 3.09. The minimum atomic E-state index is -0.0750. The Bertz CT molecular complexity index is 186. The highest BCUT2D eigenvalue weighted by atomic mass is 32.2. The van der Waals surface area contributed by atoms with Crippen LogP contribution in [0.2, 0.25) is 0 Å². The maximum atomic E-state index is 11.6. The van der Waals surface area contributed by atoms with Crippen molar-refractivity contribution in [3.05, 3.63) is 0 Å². The summed E-state index contributed by atoms with van der Waals surface area (Å²) in [5, 5.41) is 6.18. The second-order valence-electron chi connectivity index (χ2n) is 4.50. The number of carbonyl (C=O) groups is 1. The Labute approximate surface area is 104 Å². The fraction of sp³-hybridized carbons (Fsp3) is 0.917. The SMILES string of the molecule is CSCCCNC(C)C(=O)NCCC(C)C. The molecule has 0 saturated carbocycles. The van der Waals surface area contributed by atoms with Crippen molar-refractivity contribution in [2.75, 3.05) is 25.1 Å². The maximum absolute atomic E-state index is 11.6. The topological polar surface area (TPSA) is 41.1 Å². The molecular weight excluding hydrogens is 220 g/mol. The quantitative estimate of drug-likeness (QED) is 0.610. The van der Waals surface area contributed by atoms with Crippen molar-refractivity contribution in [3.8, 4) is 0 Å². The van der Waals surface area contributed by atoms with E-state index in [1.54, 1.807) is 0 Å². The third-order valence-electron chi connectivity index (χ3n) is 2.39. The molecule has 3 nitrogen and oxygen atoms in total. The molecule has 96 valence electrons. The zero-order valence-electron chi connectivity index (χ0n) is 11.0. The van der Waals surface area contributed by atoms with Crippen molar-refractivity contribution in [3.63, 3.8) is 0 Å². The van der Waals surface area contributed by atoms with E-state index >= 15 is 0 Å². The van der Waals surface area contributed by atoms with Gasteiger partial charge in [0.1, 0.15) is 0 Å². The van der Waals surface area contributed by atoms with E-state index in [0.29, 0.717) is 5.92 Å². The Kier molecular flexibility index (Phi) is 9.83.